The predicted molar refractivity (Wildman–Crippen MR) is 340 cm³/mol. The van der Waals surface area contributed by atoms with Crippen LogP contribution in [0.4, 0.5) is 0 Å². The molecule has 0 aromatic rings. The third kappa shape index (κ3) is 59.5. The van der Waals surface area contributed by atoms with Gasteiger partial charge in [0.25, 0.3) is 0 Å². The molecule has 0 spiro atoms. The maximum Gasteiger partial charge on any atom is 0.472 e. The second kappa shape index (κ2) is 59.7. The van der Waals surface area contributed by atoms with Crippen molar-refractivity contribution in [2.75, 3.05) is 39.6 Å². The van der Waals surface area contributed by atoms with Crippen LogP contribution in [0.25, 0.3) is 0 Å². The number of carbonyl (C=O) groups is 4. The maximum absolute atomic E-state index is 13.0. The summed E-state index contributed by atoms with van der Waals surface area (Å²) in [6, 6.07) is 0. The predicted octanol–water partition coefficient (Wildman–Crippen LogP) is 18.6. The van der Waals surface area contributed by atoms with E-state index < -0.39 is 97.5 Å². The summed E-state index contributed by atoms with van der Waals surface area (Å²) >= 11 is 0. The molecule has 17 nitrogen and oxygen atoms in total. The van der Waals surface area contributed by atoms with Crippen molar-refractivity contribution in [2.45, 2.75) is 355 Å². The Morgan fingerprint density at radius 1 is 0.329 bits per heavy atom. The normalized spacial score (nSPS) is 14.5. The Labute approximate surface area is 517 Å². The Kier molecular flexibility index (Phi) is 58.3. The Hall–Kier alpha value is -1.94. The Bertz CT molecular complexity index is 1650. The fourth-order valence-electron chi connectivity index (χ4n) is 9.90. The molecule has 0 aliphatic rings. The van der Waals surface area contributed by atoms with Crippen molar-refractivity contribution in [3.05, 3.63) is 0 Å². The largest absolute Gasteiger partial charge is 0.472 e. The van der Waals surface area contributed by atoms with E-state index in [1.807, 2.05) is 0 Å². The van der Waals surface area contributed by atoms with Gasteiger partial charge in [-0.3, -0.25) is 37.3 Å². The van der Waals surface area contributed by atoms with Crippen LogP contribution in [0.3, 0.4) is 0 Å². The molecular weight excluding hydrogens is 1130 g/mol. The van der Waals surface area contributed by atoms with Crippen LogP contribution in [0.5, 0.6) is 0 Å². The van der Waals surface area contributed by atoms with Gasteiger partial charge in [0.15, 0.2) is 12.2 Å². The van der Waals surface area contributed by atoms with Gasteiger partial charge in [0.1, 0.15) is 19.3 Å². The molecule has 0 aromatic carbocycles. The van der Waals surface area contributed by atoms with Gasteiger partial charge in [-0.15, -0.1) is 0 Å². The molecule has 504 valence electrons. The average Bonchev–Trinajstić information content (AvgIpc) is 3.52. The van der Waals surface area contributed by atoms with Gasteiger partial charge in [-0.05, 0) is 31.6 Å². The van der Waals surface area contributed by atoms with Gasteiger partial charge in [0, 0.05) is 25.7 Å². The molecule has 0 heterocycles. The molecule has 0 bridgehead atoms. The van der Waals surface area contributed by atoms with Gasteiger partial charge in [-0.1, -0.05) is 285 Å². The van der Waals surface area contributed by atoms with Crippen molar-refractivity contribution in [2.24, 2.45) is 5.92 Å². The summed E-state index contributed by atoms with van der Waals surface area (Å²) in [5.74, 6) is -1.32. The fraction of sp³-hybridized carbons (Fsp3) is 0.939. The van der Waals surface area contributed by atoms with Crippen molar-refractivity contribution in [1.29, 1.82) is 0 Å². The van der Waals surface area contributed by atoms with E-state index in [0.29, 0.717) is 25.7 Å². The molecule has 0 aromatic heterocycles. The van der Waals surface area contributed by atoms with Gasteiger partial charge >= 0.3 is 39.5 Å². The SMILES string of the molecule is CCCCCCCCCCCCCCCCCC(=O)O[C@H](COC(=O)CCCCCCCCCCCCC(C)CC)COP(=O)(O)OC[C@@H](O)COP(=O)(O)OC[C@@H](COC(=O)CCCCCCCCCC)OC(=O)CCCCCCCCCC. The number of ether oxygens (including phenoxy) is 4. The van der Waals surface area contributed by atoms with E-state index in [9.17, 15) is 43.2 Å². The third-order valence-electron chi connectivity index (χ3n) is 15.6. The third-order valence-corrected chi connectivity index (χ3v) is 17.5. The first-order valence-electron chi connectivity index (χ1n) is 34.7. The van der Waals surface area contributed by atoms with Crippen LogP contribution in [0.15, 0.2) is 0 Å². The van der Waals surface area contributed by atoms with E-state index in [0.717, 1.165) is 109 Å². The van der Waals surface area contributed by atoms with Crippen LogP contribution in [0.1, 0.15) is 336 Å². The number of carbonyl (C=O) groups excluding carboxylic acids is 4. The fourth-order valence-corrected chi connectivity index (χ4v) is 11.5. The van der Waals surface area contributed by atoms with Gasteiger partial charge in [0.05, 0.1) is 26.4 Å². The molecule has 3 unspecified atom stereocenters. The number of aliphatic hydroxyl groups excluding tert-OH is 1. The number of rotatable bonds is 66. The molecule has 19 heteroatoms. The second-order valence-electron chi connectivity index (χ2n) is 24.1. The van der Waals surface area contributed by atoms with Gasteiger partial charge < -0.3 is 33.8 Å². The first-order valence-corrected chi connectivity index (χ1v) is 37.7. The smallest absolute Gasteiger partial charge is 0.462 e. The van der Waals surface area contributed by atoms with Crippen LogP contribution in [-0.2, 0) is 65.4 Å². The van der Waals surface area contributed by atoms with Crippen molar-refractivity contribution < 1.29 is 80.2 Å². The van der Waals surface area contributed by atoms with Gasteiger partial charge in [-0.2, -0.15) is 0 Å². The Morgan fingerprint density at radius 3 is 0.835 bits per heavy atom. The van der Waals surface area contributed by atoms with Crippen LogP contribution >= 0.6 is 15.6 Å². The van der Waals surface area contributed by atoms with E-state index >= 15 is 0 Å². The summed E-state index contributed by atoms with van der Waals surface area (Å²) in [7, 11) is -9.88. The zero-order valence-electron chi connectivity index (χ0n) is 54.7. The Balaban J connectivity index is 5.20. The topological polar surface area (TPSA) is 237 Å². The van der Waals surface area contributed by atoms with Crippen molar-refractivity contribution >= 4 is 39.5 Å². The standard InChI is InChI=1S/C66H128O17P2/c1-6-10-13-16-19-22-23-24-25-26-27-32-37-42-47-52-66(71)83-62(56-77-64(69)50-45-40-36-31-29-28-30-33-38-43-48-59(5)9-4)58-81-85(74,75)79-54-60(67)53-78-84(72,73)80-57-61(82-65(70)51-46-41-35-21-18-15-12-8-3)55-76-63(68)49-44-39-34-20-17-14-11-7-2/h59-62,67H,6-58H2,1-5H3,(H,72,73)(H,74,75)/t59?,60-,61+,62+/m0/s1. The molecule has 0 radical (unpaired) electrons. The first-order chi connectivity index (χ1) is 41.1. The quantitative estimate of drug-likeness (QED) is 0.0222. The van der Waals surface area contributed by atoms with E-state index in [4.69, 9.17) is 37.0 Å². The highest BCUT2D eigenvalue weighted by Gasteiger charge is 2.30. The number of hydrogen-bond donors (Lipinski definition) is 3. The first kappa shape index (κ1) is 83.1. The van der Waals surface area contributed by atoms with Crippen molar-refractivity contribution in [3.8, 4) is 0 Å². The number of phosphoric acid groups is 2. The lowest BCUT2D eigenvalue weighted by atomic mass is 9.99. The van der Waals surface area contributed by atoms with Gasteiger partial charge in [0.2, 0.25) is 0 Å². The molecule has 0 amide bonds. The minimum absolute atomic E-state index is 0.105. The highest BCUT2D eigenvalue weighted by Crippen LogP contribution is 2.45. The zero-order chi connectivity index (χ0) is 62.8. The minimum Gasteiger partial charge on any atom is -0.462 e. The summed E-state index contributed by atoms with van der Waals surface area (Å²) in [4.78, 5) is 72.2. The highest BCUT2D eigenvalue weighted by molar-refractivity contribution is 7.47. The molecule has 0 fully saturated rings. The van der Waals surface area contributed by atoms with E-state index in [2.05, 4.69) is 34.6 Å². The monoisotopic (exact) mass is 1250 g/mol. The molecule has 0 rings (SSSR count). The molecule has 0 aliphatic carbocycles. The summed E-state index contributed by atoms with van der Waals surface area (Å²) in [5.41, 5.74) is 0. The molecule has 0 saturated carbocycles. The van der Waals surface area contributed by atoms with Crippen molar-refractivity contribution in [3.63, 3.8) is 0 Å². The molecule has 85 heavy (non-hydrogen) atoms. The summed E-state index contributed by atoms with van der Waals surface area (Å²) in [6.07, 6.45) is 44.4. The van der Waals surface area contributed by atoms with E-state index in [1.54, 1.807) is 0 Å². The lowest BCUT2D eigenvalue weighted by Crippen LogP contribution is -2.30. The summed E-state index contributed by atoms with van der Waals surface area (Å²) in [5, 5.41) is 10.5. The number of phosphoric ester groups is 2. The number of hydrogen-bond acceptors (Lipinski definition) is 15. The zero-order valence-corrected chi connectivity index (χ0v) is 56.5. The molecule has 0 saturated heterocycles. The molecular formula is C66H128O17P2. The summed E-state index contributed by atoms with van der Waals surface area (Å²) < 4.78 is 68.0. The van der Waals surface area contributed by atoms with E-state index in [-0.39, 0.29) is 25.7 Å². The van der Waals surface area contributed by atoms with Crippen LogP contribution in [-0.4, -0.2) is 96.7 Å². The van der Waals surface area contributed by atoms with Gasteiger partial charge in [-0.25, -0.2) is 9.13 Å². The van der Waals surface area contributed by atoms with E-state index in [1.165, 1.54) is 148 Å². The highest BCUT2D eigenvalue weighted by atomic mass is 31.2. The minimum atomic E-state index is -4.95. The average molecular weight is 1260 g/mol. The van der Waals surface area contributed by atoms with Crippen LogP contribution in [0.2, 0.25) is 0 Å². The maximum atomic E-state index is 13.0. The molecule has 3 N–H and O–H groups in total. The lowest BCUT2D eigenvalue weighted by molar-refractivity contribution is -0.161. The van der Waals surface area contributed by atoms with Crippen molar-refractivity contribution in [1.82, 2.24) is 0 Å². The number of esters is 4. The number of aliphatic hydroxyl groups is 1. The second-order valence-corrected chi connectivity index (χ2v) is 27.0. The van der Waals surface area contributed by atoms with Crippen LogP contribution in [0, 0.1) is 5.92 Å². The Morgan fingerprint density at radius 2 is 0.565 bits per heavy atom. The lowest BCUT2D eigenvalue weighted by Gasteiger charge is -2.21. The molecule has 6 atom stereocenters. The molecule has 0 aliphatic heterocycles. The summed E-state index contributed by atoms with van der Waals surface area (Å²) in [6.45, 7) is 7.19. The van der Waals surface area contributed by atoms with Crippen LogP contribution < -0.4 is 0 Å². The number of unbranched alkanes of at least 4 members (excludes halogenated alkanes) is 37.